The number of methoxy groups -OCH3 is 1. The molecule has 7 heteroatoms. The van der Waals surface area contributed by atoms with Crippen molar-refractivity contribution in [2.75, 3.05) is 7.11 Å². The van der Waals surface area contributed by atoms with Crippen LogP contribution in [0.1, 0.15) is 5.56 Å². The lowest BCUT2D eigenvalue weighted by Crippen LogP contribution is -1.97. The van der Waals surface area contributed by atoms with Crippen LogP contribution in [-0.4, -0.2) is 11.3 Å². The summed E-state index contributed by atoms with van der Waals surface area (Å²) < 4.78 is 44.8. The quantitative estimate of drug-likeness (QED) is 0.515. The van der Waals surface area contributed by atoms with Crippen LogP contribution in [0.3, 0.4) is 0 Å². The topological polar surface area (TPSA) is 51.0 Å². The molecule has 0 saturated carbocycles. The van der Waals surface area contributed by atoms with Crippen molar-refractivity contribution >= 4 is 22.2 Å². The highest BCUT2D eigenvalue weighted by molar-refractivity contribution is 7.85. The Hall–Kier alpha value is -2.93. The highest BCUT2D eigenvalue weighted by Crippen LogP contribution is 2.31. The molecule has 0 fully saturated rings. The second kappa shape index (κ2) is 8.18. The lowest BCUT2D eigenvalue weighted by molar-refractivity contribution is 0.404. The molecule has 3 aromatic rings. The van der Waals surface area contributed by atoms with Gasteiger partial charge in [0.15, 0.2) is 5.82 Å². The second-order valence-corrected chi connectivity index (χ2v) is 7.16. The summed E-state index contributed by atoms with van der Waals surface area (Å²) in [6.45, 7) is 1.95. The van der Waals surface area contributed by atoms with Crippen LogP contribution in [0.4, 0.5) is 20.2 Å². The van der Waals surface area contributed by atoms with Gasteiger partial charge in [-0.2, -0.15) is 5.11 Å². The molecule has 138 valence electrons. The first-order valence-electron chi connectivity index (χ1n) is 8.01. The van der Waals surface area contributed by atoms with Gasteiger partial charge in [-0.05, 0) is 49.4 Å². The molecule has 0 aliphatic rings. The second-order valence-electron chi connectivity index (χ2n) is 5.71. The zero-order chi connectivity index (χ0) is 19.4. The Morgan fingerprint density at radius 1 is 0.926 bits per heavy atom. The van der Waals surface area contributed by atoms with Gasteiger partial charge >= 0.3 is 0 Å². The molecule has 27 heavy (non-hydrogen) atoms. The zero-order valence-electron chi connectivity index (χ0n) is 14.6. The van der Waals surface area contributed by atoms with Crippen LogP contribution >= 0.6 is 0 Å². The Kier molecular flexibility index (Phi) is 5.71. The fourth-order valence-electron chi connectivity index (χ4n) is 2.34. The van der Waals surface area contributed by atoms with E-state index in [0.29, 0.717) is 21.2 Å². The number of hydrogen-bond donors (Lipinski definition) is 0. The summed E-state index contributed by atoms with van der Waals surface area (Å²) >= 11 is 0. The summed E-state index contributed by atoms with van der Waals surface area (Å²) in [4.78, 5) is 1.05. The van der Waals surface area contributed by atoms with Gasteiger partial charge in [0.05, 0.1) is 28.5 Å². The summed E-state index contributed by atoms with van der Waals surface area (Å²) in [5.41, 5.74) is 1.34. The molecule has 0 saturated heterocycles. The number of nitrogens with zero attached hydrogens (tertiary/aromatic N) is 2. The minimum absolute atomic E-state index is 0.0894. The minimum atomic E-state index is -1.48. The number of aryl methyl sites for hydroxylation is 1. The van der Waals surface area contributed by atoms with Gasteiger partial charge < -0.3 is 4.74 Å². The number of hydrogen-bond acceptors (Lipinski definition) is 4. The first-order valence-corrected chi connectivity index (χ1v) is 9.16. The van der Waals surface area contributed by atoms with Gasteiger partial charge in [-0.1, -0.05) is 17.7 Å². The molecule has 3 aromatic carbocycles. The number of azo groups is 1. The molecule has 0 bridgehead atoms. The molecule has 0 aromatic heterocycles. The fourth-order valence-corrected chi connectivity index (χ4v) is 3.53. The Morgan fingerprint density at radius 3 is 2.33 bits per heavy atom. The van der Waals surface area contributed by atoms with Crippen molar-refractivity contribution in [3.8, 4) is 5.75 Å². The maximum Gasteiger partial charge on any atom is 0.153 e. The van der Waals surface area contributed by atoms with E-state index in [1.807, 2.05) is 19.1 Å². The summed E-state index contributed by atoms with van der Waals surface area (Å²) in [6.07, 6.45) is 0. The number of benzene rings is 3. The van der Waals surface area contributed by atoms with Crippen LogP contribution in [0.5, 0.6) is 5.75 Å². The molecule has 4 nitrogen and oxygen atoms in total. The molecule has 0 heterocycles. The van der Waals surface area contributed by atoms with Crippen molar-refractivity contribution in [1.29, 1.82) is 0 Å². The molecule has 0 aliphatic heterocycles. The third-order valence-corrected chi connectivity index (χ3v) is 5.18. The zero-order valence-corrected chi connectivity index (χ0v) is 15.5. The molecule has 1 atom stereocenters. The predicted octanol–water partition coefficient (Wildman–Crippen LogP) is 5.86. The molecule has 0 aliphatic carbocycles. The Balaban J connectivity index is 1.94. The van der Waals surface area contributed by atoms with Crippen molar-refractivity contribution in [1.82, 2.24) is 0 Å². The van der Waals surface area contributed by atoms with Crippen LogP contribution < -0.4 is 4.74 Å². The van der Waals surface area contributed by atoms with Crippen LogP contribution in [0.15, 0.2) is 80.7 Å². The van der Waals surface area contributed by atoms with E-state index in [0.717, 1.165) is 17.7 Å². The van der Waals surface area contributed by atoms with Crippen molar-refractivity contribution in [3.05, 3.63) is 77.9 Å². The van der Waals surface area contributed by atoms with Crippen molar-refractivity contribution in [3.63, 3.8) is 0 Å². The number of ether oxygens (including phenoxy) is 1. The van der Waals surface area contributed by atoms with Crippen LogP contribution in [-0.2, 0) is 10.8 Å². The minimum Gasteiger partial charge on any atom is -0.495 e. The summed E-state index contributed by atoms with van der Waals surface area (Å²) in [7, 11) is 0.00370. The van der Waals surface area contributed by atoms with E-state index in [1.165, 1.54) is 13.2 Å². The standard InChI is InChI=1S/C20H16F2N2O2S/c1-13-3-7-16(8-4-13)27(25)20-12-15(6-10-19(20)26-2)23-24-18-9-5-14(21)11-17(18)22/h3-12H,1-2H3. The average molecular weight is 386 g/mol. The van der Waals surface area contributed by atoms with E-state index in [9.17, 15) is 13.0 Å². The predicted molar refractivity (Wildman–Crippen MR) is 99.4 cm³/mol. The van der Waals surface area contributed by atoms with Gasteiger partial charge in [-0.25, -0.2) is 13.0 Å². The summed E-state index contributed by atoms with van der Waals surface area (Å²) in [5.74, 6) is -1.05. The molecule has 0 amide bonds. The number of rotatable bonds is 5. The van der Waals surface area contributed by atoms with Crippen molar-refractivity contribution in [2.45, 2.75) is 16.7 Å². The van der Waals surface area contributed by atoms with Crippen molar-refractivity contribution in [2.24, 2.45) is 10.2 Å². The normalized spacial score (nSPS) is 12.3. The molecule has 0 spiro atoms. The first-order chi connectivity index (χ1) is 13.0. The summed E-state index contributed by atoms with van der Waals surface area (Å²) in [6, 6.07) is 15.2. The first kappa shape index (κ1) is 18.8. The van der Waals surface area contributed by atoms with Crippen molar-refractivity contribution < 1.29 is 17.7 Å². The largest absolute Gasteiger partial charge is 0.495 e. The highest BCUT2D eigenvalue weighted by Gasteiger charge is 2.14. The molecule has 1 unspecified atom stereocenters. The average Bonchev–Trinajstić information content (AvgIpc) is 2.67. The lowest BCUT2D eigenvalue weighted by atomic mass is 10.2. The van der Waals surface area contributed by atoms with Gasteiger partial charge in [0.1, 0.15) is 17.3 Å². The highest BCUT2D eigenvalue weighted by atomic mass is 32.2. The van der Waals surface area contributed by atoms with E-state index in [4.69, 9.17) is 4.74 Å². The molecular weight excluding hydrogens is 370 g/mol. The summed E-state index contributed by atoms with van der Waals surface area (Å²) in [5, 5.41) is 7.77. The van der Waals surface area contributed by atoms with Crippen LogP contribution in [0, 0.1) is 18.6 Å². The van der Waals surface area contributed by atoms with E-state index in [2.05, 4.69) is 10.2 Å². The Morgan fingerprint density at radius 2 is 1.67 bits per heavy atom. The van der Waals surface area contributed by atoms with Gasteiger partial charge in [0, 0.05) is 11.0 Å². The smallest absolute Gasteiger partial charge is 0.153 e. The third-order valence-electron chi connectivity index (χ3n) is 3.76. The monoisotopic (exact) mass is 386 g/mol. The van der Waals surface area contributed by atoms with Gasteiger partial charge in [0.25, 0.3) is 0 Å². The number of halogens is 2. The molecular formula is C20H16F2N2O2S. The molecule has 0 radical (unpaired) electrons. The molecule has 0 N–H and O–H groups in total. The van der Waals surface area contributed by atoms with Gasteiger partial charge in [-0.3, -0.25) is 0 Å². The lowest BCUT2D eigenvalue weighted by Gasteiger charge is -2.09. The molecule has 3 rings (SSSR count). The van der Waals surface area contributed by atoms with Gasteiger partial charge in [0.2, 0.25) is 0 Å². The van der Waals surface area contributed by atoms with Gasteiger partial charge in [-0.15, -0.1) is 5.11 Å². The van der Waals surface area contributed by atoms with E-state index in [-0.39, 0.29) is 5.69 Å². The van der Waals surface area contributed by atoms with Crippen LogP contribution in [0.2, 0.25) is 0 Å². The fraction of sp³-hybridized carbons (Fsp3) is 0.100. The van der Waals surface area contributed by atoms with Crippen LogP contribution in [0.25, 0.3) is 0 Å². The van der Waals surface area contributed by atoms with E-state index in [1.54, 1.807) is 30.3 Å². The SMILES string of the molecule is COc1ccc(N=Nc2ccc(F)cc2F)cc1S(=O)c1ccc(C)cc1. The van der Waals surface area contributed by atoms with E-state index >= 15 is 0 Å². The van der Waals surface area contributed by atoms with E-state index < -0.39 is 22.4 Å². The maximum absolute atomic E-state index is 13.7. The maximum atomic E-state index is 13.7. The Labute approximate surface area is 158 Å². The Bertz CT molecular complexity index is 1020. The third kappa shape index (κ3) is 4.43.